The molecule has 0 saturated carbocycles. The van der Waals surface area contributed by atoms with Crippen LogP contribution >= 0.6 is 0 Å². The van der Waals surface area contributed by atoms with Gasteiger partial charge in [0.15, 0.2) is 6.61 Å². The molecule has 0 radical (unpaired) electrons. The first-order valence-corrected chi connectivity index (χ1v) is 6.79. The van der Waals surface area contributed by atoms with Crippen LogP contribution in [0.2, 0.25) is 0 Å². The van der Waals surface area contributed by atoms with E-state index in [2.05, 4.69) is 10.2 Å². The largest absolute Gasteiger partial charge is 0.484 e. The van der Waals surface area contributed by atoms with Crippen molar-refractivity contribution in [2.24, 2.45) is 0 Å². The fourth-order valence-electron chi connectivity index (χ4n) is 1.94. The predicted octanol–water partition coefficient (Wildman–Crippen LogP) is 2.79. The van der Waals surface area contributed by atoms with Gasteiger partial charge < -0.3 is 20.6 Å². The molecule has 1 aromatic heterocycles. The molecule has 6 nitrogen and oxygen atoms in total. The molecule has 3 aromatic rings. The van der Waals surface area contributed by atoms with Crippen LogP contribution in [0.5, 0.6) is 5.75 Å². The van der Waals surface area contributed by atoms with E-state index in [0.29, 0.717) is 23.2 Å². The highest BCUT2D eigenvalue weighted by Crippen LogP contribution is 2.21. The second kappa shape index (κ2) is 5.77. The van der Waals surface area contributed by atoms with Crippen molar-refractivity contribution in [1.29, 1.82) is 0 Å². The number of rotatable bonds is 4. The van der Waals surface area contributed by atoms with E-state index < -0.39 is 0 Å². The lowest BCUT2D eigenvalue weighted by Gasteiger charge is -2.05. The number of hydrogen-bond acceptors (Lipinski definition) is 6. The normalized spacial score (nSPS) is 10.6. The van der Waals surface area contributed by atoms with Crippen molar-refractivity contribution in [3.05, 3.63) is 53.9 Å². The molecule has 112 valence electrons. The number of nitrogens with zero attached hydrogens (tertiary/aromatic N) is 2. The Balaban J connectivity index is 1.69. The van der Waals surface area contributed by atoms with Gasteiger partial charge in [-0.25, -0.2) is 0 Å². The first kappa shape index (κ1) is 13.9. The molecule has 6 heteroatoms. The van der Waals surface area contributed by atoms with E-state index in [1.807, 2.05) is 25.1 Å². The van der Waals surface area contributed by atoms with Gasteiger partial charge in [0.1, 0.15) is 5.75 Å². The zero-order valence-corrected chi connectivity index (χ0v) is 12.1. The minimum atomic E-state index is 0.200. The zero-order chi connectivity index (χ0) is 15.5. The summed E-state index contributed by atoms with van der Waals surface area (Å²) < 4.78 is 11.2. The first-order valence-electron chi connectivity index (χ1n) is 6.79. The van der Waals surface area contributed by atoms with Gasteiger partial charge in [0.2, 0.25) is 5.89 Å². The second-order valence-electron chi connectivity index (χ2n) is 4.93. The van der Waals surface area contributed by atoms with Crippen molar-refractivity contribution in [2.75, 3.05) is 11.5 Å². The van der Waals surface area contributed by atoms with Gasteiger partial charge in [0.25, 0.3) is 5.89 Å². The van der Waals surface area contributed by atoms with Gasteiger partial charge in [0, 0.05) is 16.9 Å². The van der Waals surface area contributed by atoms with E-state index in [4.69, 9.17) is 20.6 Å². The van der Waals surface area contributed by atoms with Gasteiger partial charge in [-0.2, -0.15) is 0 Å². The van der Waals surface area contributed by atoms with Gasteiger partial charge in [-0.1, -0.05) is 0 Å². The summed E-state index contributed by atoms with van der Waals surface area (Å²) in [6.07, 6.45) is 0. The molecule has 0 aliphatic rings. The Hall–Kier alpha value is -3.02. The number of aromatic nitrogens is 2. The molecule has 0 saturated heterocycles. The van der Waals surface area contributed by atoms with Gasteiger partial charge in [0.05, 0.1) is 0 Å². The van der Waals surface area contributed by atoms with E-state index in [1.54, 1.807) is 24.3 Å². The lowest BCUT2D eigenvalue weighted by atomic mass is 10.2. The number of benzene rings is 2. The quantitative estimate of drug-likeness (QED) is 0.718. The Morgan fingerprint density at radius 1 is 1.05 bits per heavy atom. The van der Waals surface area contributed by atoms with Crippen LogP contribution in [0.25, 0.3) is 11.5 Å². The van der Waals surface area contributed by atoms with Crippen molar-refractivity contribution in [3.63, 3.8) is 0 Å². The summed E-state index contributed by atoms with van der Waals surface area (Å²) in [5, 5.41) is 7.98. The van der Waals surface area contributed by atoms with Crippen molar-refractivity contribution in [1.82, 2.24) is 10.2 Å². The van der Waals surface area contributed by atoms with Crippen LogP contribution in [-0.4, -0.2) is 10.2 Å². The lowest BCUT2D eigenvalue weighted by Crippen LogP contribution is -1.97. The summed E-state index contributed by atoms with van der Waals surface area (Å²) in [6, 6.07) is 12.7. The third kappa shape index (κ3) is 3.01. The fraction of sp³-hybridized carbons (Fsp3) is 0.125. The molecule has 1 heterocycles. The van der Waals surface area contributed by atoms with Gasteiger partial charge in [-0.05, 0) is 55.0 Å². The molecule has 0 atom stereocenters. The van der Waals surface area contributed by atoms with Gasteiger partial charge in [-0.3, -0.25) is 0 Å². The molecule has 0 amide bonds. The van der Waals surface area contributed by atoms with E-state index >= 15 is 0 Å². The molecule has 0 fully saturated rings. The molecule has 0 aliphatic carbocycles. The first-order chi connectivity index (χ1) is 10.6. The molecule has 0 aliphatic heterocycles. The molecule has 0 unspecified atom stereocenters. The van der Waals surface area contributed by atoms with Crippen LogP contribution in [0.3, 0.4) is 0 Å². The minimum Gasteiger partial charge on any atom is -0.484 e. The van der Waals surface area contributed by atoms with Crippen molar-refractivity contribution in [2.45, 2.75) is 13.5 Å². The summed E-state index contributed by atoms with van der Waals surface area (Å²) >= 11 is 0. The Morgan fingerprint density at radius 2 is 1.82 bits per heavy atom. The molecule has 22 heavy (non-hydrogen) atoms. The molecular formula is C16H16N4O2. The van der Waals surface area contributed by atoms with Crippen LogP contribution in [-0.2, 0) is 6.61 Å². The Bertz CT molecular complexity index is 781. The number of aryl methyl sites for hydroxylation is 1. The number of hydrogen-bond donors (Lipinski definition) is 2. The van der Waals surface area contributed by atoms with Crippen LogP contribution < -0.4 is 16.2 Å². The molecule has 0 spiro atoms. The molecular weight excluding hydrogens is 280 g/mol. The molecule has 3 rings (SSSR count). The molecule has 0 bridgehead atoms. The van der Waals surface area contributed by atoms with E-state index in [-0.39, 0.29) is 6.61 Å². The topological polar surface area (TPSA) is 100 Å². The minimum absolute atomic E-state index is 0.200. The van der Waals surface area contributed by atoms with Gasteiger partial charge >= 0.3 is 0 Å². The molecule has 2 aromatic carbocycles. The Kier molecular flexibility index (Phi) is 3.65. The SMILES string of the molecule is Cc1cc(OCc2nnc(-c3ccc(N)cc3)o2)ccc1N. The van der Waals surface area contributed by atoms with Crippen molar-refractivity contribution >= 4 is 11.4 Å². The third-order valence-corrected chi connectivity index (χ3v) is 3.23. The monoisotopic (exact) mass is 296 g/mol. The highest BCUT2D eigenvalue weighted by molar-refractivity contribution is 5.56. The summed E-state index contributed by atoms with van der Waals surface area (Å²) in [6.45, 7) is 2.12. The van der Waals surface area contributed by atoms with Crippen LogP contribution in [0.15, 0.2) is 46.9 Å². The van der Waals surface area contributed by atoms with Crippen LogP contribution in [0.1, 0.15) is 11.5 Å². The second-order valence-corrected chi connectivity index (χ2v) is 4.93. The highest BCUT2D eigenvalue weighted by atomic mass is 16.5. The number of nitrogens with two attached hydrogens (primary N) is 2. The Morgan fingerprint density at radius 3 is 2.55 bits per heavy atom. The average molecular weight is 296 g/mol. The van der Waals surface area contributed by atoms with E-state index in [1.165, 1.54) is 0 Å². The summed E-state index contributed by atoms with van der Waals surface area (Å²) in [5.41, 5.74) is 14.6. The average Bonchev–Trinajstić information content (AvgIpc) is 2.98. The predicted molar refractivity (Wildman–Crippen MR) is 84.1 cm³/mol. The third-order valence-electron chi connectivity index (χ3n) is 3.23. The zero-order valence-electron chi connectivity index (χ0n) is 12.1. The number of nitrogen functional groups attached to an aromatic ring is 2. The van der Waals surface area contributed by atoms with E-state index in [0.717, 1.165) is 16.8 Å². The highest BCUT2D eigenvalue weighted by Gasteiger charge is 2.09. The van der Waals surface area contributed by atoms with Crippen molar-refractivity contribution in [3.8, 4) is 17.2 Å². The maximum absolute atomic E-state index is 5.77. The summed E-state index contributed by atoms with van der Waals surface area (Å²) in [7, 11) is 0. The van der Waals surface area contributed by atoms with Crippen LogP contribution in [0.4, 0.5) is 11.4 Å². The maximum Gasteiger partial charge on any atom is 0.254 e. The number of ether oxygens (including phenoxy) is 1. The molecule has 4 N–H and O–H groups in total. The van der Waals surface area contributed by atoms with Crippen molar-refractivity contribution < 1.29 is 9.15 Å². The lowest BCUT2D eigenvalue weighted by molar-refractivity contribution is 0.264. The smallest absolute Gasteiger partial charge is 0.254 e. The maximum atomic E-state index is 5.77. The fourth-order valence-corrected chi connectivity index (χ4v) is 1.94. The number of anilines is 2. The van der Waals surface area contributed by atoms with Gasteiger partial charge in [-0.15, -0.1) is 10.2 Å². The Labute approximate surface area is 127 Å². The van der Waals surface area contributed by atoms with E-state index in [9.17, 15) is 0 Å². The van der Waals surface area contributed by atoms with Crippen LogP contribution in [0, 0.1) is 6.92 Å². The summed E-state index contributed by atoms with van der Waals surface area (Å²) in [5.74, 6) is 1.55. The summed E-state index contributed by atoms with van der Waals surface area (Å²) in [4.78, 5) is 0. The standard InChI is InChI=1S/C16H16N4O2/c1-10-8-13(6-7-14(10)18)21-9-15-19-20-16(22-15)11-2-4-12(17)5-3-11/h2-8H,9,17-18H2,1H3.